The van der Waals surface area contributed by atoms with E-state index >= 15 is 0 Å². The molecule has 0 fully saturated rings. The maximum Gasteiger partial charge on any atom is 0.263 e. The van der Waals surface area contributed by atoms with Crippen molar-refractivity contribution in [2.75, 3.05) is 11.9 Å². The minimum Gasteiger partial charge on any atom is -0.494 e. The molecule has 1 N–H and O–H groups in total. The van der Waals surface area contributed by atoms with E-state index in [0.29, 0.717) is 22.5 Å². The van der Waals surface area contributed by atoms with Crippen LogP contribution in [0.25, 0.3) is 21.3 Å². The summed E-state index contributed by atoms with van der Waals surface area (Å²) in [4.78, 5) is 31.1. The lowest BCUT2D eigenvalue weighted by molar-refractivity contribution is -0.118. The predicted molar refractivity (Wildman–Crippen MR) is 120 cm³/mol. The van der Waals surface area contributed by atoms with Crippen molar-refractivity contribution in [2.24, 2.45) is 0 Å². The molecule has 4 aromatic rings. The number of rotatable bonds is 6. The highest BCUT2D eigenvalue weighted by molar-refractivity contribution is 7.17. The molecular weight excluding hydrogens is 398 g/mol. The van der Waals surface area contributed by atoms with Crippen LogP contribution in [0.5, 0.6) is 5.75 Å². The van der Waals surface area contributed by atoms with E-state index in [-0.39, 0.29) is 11.5 Å². The van der Waals surface area contributed by atoms with Gasteiger partial charge >= 0.3 is 0 Å². The monoisotopic (exact) mass is 419 g/mol. The van der Waals surface area contributed by atoms with E-state index in [0.717, 1.165) is 16.9 Å². The van der Waals surface area contributed by atoms with E-state index in [1.54, 1.807) is 31.2 Å². The number of nitrogens with one attached hydrogen (secondary N) is 1. The van der Waals surface area contributed by atoms with Crippen LogP contribution in [0, 0.1) is 0 Å². The lowest BCUT2D eigenvalue weighted by Crippen LogP contribution is -2.31. The number of carbonyl (C=O) groups excluding carboxylic acids is 1. The number of benzene rings is 2. The topological polar surface area (TPSA) is 73.2 Å². The van der Waals surface area contributed by atoms with Crippen LogP contribution in [0.3, 0.4) is 0 Å². The van der Waals surface area contributed by atoms with Crippen molar-refractivity contribution in [1.29, 1.82) is 0 Å². The highest BCUT2D eigenvalue weighted by atomic mass is 32.1. The first kappa shape index (κ1) is 19.8. The summed E-state index contributed by atoms with van der Waals surface area (Å²) in [7, 11) is 0. The van der Waals surface area contributed by atoms with Crippen LogP contribution in [-0.4, -0.2) is 22.1 Å². The number of anilines is 1. The van der Waals surface area contributed by atoms with Gasteiger partial charge in [-0.15, -0.1) is 11.3 Å². The third kappa shape index (κ3) is 3.84. The van der Waals surface area contributed by atoms with Gasteiger partial charge in [-0.1, -0.05) is 30.3 Å². The summed E-state index contributed by atoms with van der Waals surface area (Å²) in [5.41, 5.74) is 2.20. The fourth-order valence-corrected chi connectivity index (χ4v) is 4.13. The molecule has 2 aromatic carbocycles. The second-order valence-corrected chi connectivity index (χ2v) is 7.63. The Balaban J connectivity index is 1.63. The minimum absolute atomic E-state index is 0.227. The zero-order valence-corrected chi connectivity index (χ0v) is 17.5. The smallest absolute Gasteiger partial charge is 0.263 e. The summed E-state index contributed by atoms with van der Waals surface area (Å²) in [6, 6.07) is 16.1. The van der Waals surface area contributed by atoms with Crippen molar-refractivity contribution >= 4 is 33.1 Å². The summed E-state index contributed by atoms with van der Waals surface area (Å²) in [6.07, 6.45) is 1.44. The van der Waals surface area contributed by atoms with E-state index in [4.69, 9.17) is 4.74 Å². The number of hydrogen-bond acceptors (Lipinski definition) is 5. The van der Waals surface area contributed by atoms with E-state index in [9.17, 15) is 9.59 Å². The van der Waals surface area contributed by atoms with Gasteiger partial charge in [-0.3, -0.25) is 14.2 Å². The van der Waals surface area contributed by atoms with Gasteiger partial charge < -0.3 is 10.1 Å². The molecular formula is C23H21N3O3S. The third-order valence-corrected chi connectivity index (χ3v) is 5.72. The first-order valence-electron chi connectivity index (χ1n) is 9.66. The van der Waals surface area contributed by atoms with Crippen molar-refractivity contribution in [1.82, 2.24) is 9.55 Å². The van der Waals surface area contributed by atoms with Gasteiger partial charge in [0.25, 0.3) is 5.56 Å². The maximum absolute atomic E-state index is 13.2. The second kappa shape index (κ2) is 8.51. The van der Waals surface area contributed by atoms with E-state index in [1.807, 2.05) is 42.6 Å². The molecule has 1 unspecified atom stereocenters. The number of hydrogen-bond donors (Lipinski definition) is 1. The molecule has 2 aromatic heterocycles. The second-order valence-electron chi connectivity index (χ2n) is 6.78. The Morgan fingerprint density at radius 2 is 1.90 bits per heavy atom. The fourth-order valence-electron chi connectivity index (χ4n) is 3.23. The van der Waals surface area contributed by atoms with Gasteiger partial charge in [0.05, 0.1) is 18.3 Å². The van der Waals surface area contributed by atoms with Crippen LogP contribution >= 0.6 is 11.3 Å². The van der Waals surface area contributed by atoms with Crippen molar-refractivity contribution in [2.45, 2.75) is 19.9 Å². The number of thiophene rings is 1. The number of amides is 1. The van der Waals surface area contributed by atoms with Gasteiger partial charge in [-0.05, 0) is 43.7 Å². The molecule has 4 rings (SSSR count). The van der Waals surface area contributed by atoms with Gasteiger partial charge in [0, 0.05) is 16.6 Å². The van der Waals surface area contributed by atoms with Crippen LogP contribution in [0.15, 0.2) is 71.1 Å². The van der Waals surface area contributed by atoms with E-state index in [2.05, 4.69) is 10.3 Å². The van der Waals surface area contributed by atoms with Crippen LogP contribution in [0.2, 0.25) is 0 Å². The van der Waals surface area contributed by atoms with Gasteiger partial charge in [0.1, 0.15) is 16.6 Å². The fraction of sp³-hybridized carbons (Fsp3) is 0.174. The first-order chi connectivity index (χ1) is 14.6. The van der Waals surface area contributed by atoms with Gasteiger partial charge in [0.2, 0.25) is 5.91 Å². The molecule has 1 amide bonds. The molecule has 0 bridgehead atoms. The van der Waals surface area contributed by atoms with Crippen molar-refractivity contribution < 1.29 is 9.53 Å². The Hall–Kier alpha value is -3.45. The van der Waals surface area contributed by atoms with Crippen LogP contribution in [-0.2, 0) is 4.79 Å². The predicted octanol–water partition coefficient (Wildman–Crippen LogP) is 4.72. The Morgan fingerprint density at radius 3 is 2.60 bits per heavy atom. The molecule has 0 saturated carbocycles. The molecule has 6 nitrogen and oxygen atoms in total. The molecule has 0 aliphatic heterocycles. The van der Waals surface area contributed by atoms with Crippen molar-refractivity contribution in [3.8, 4) is 16.9 Å². The van der Waals surface area contributed by atoms with Gasteiger partial charge in [-0.25, -0.2) is 4.98 Å². The quantitative estimate of drug-likeness (QED) is 0.491. The molecule has 0 radical (unpaired) electrons. The molecule has 0 aliphatic rings. The summed E-state index contributed by atoms with van der Waals surface area (Å²) in [5.74, 6) is 0.444. The van der Waals surface area contributed by atoms with Crippen molar-refractivity contribution in [3.05, 3.63) is 76.7 Å². The highest BCUT2D eigenvalue weighted by Gasteiger charge is 2.20. The third-order valence-electron chi connectivity index (χ3n) is 4.83. The number of fused-ring (bicyclic) bond motifs is 1. The molecule has 0 aliphatic carbocycles. The molecule has 0 spiro atoms. The van der Waals surface area contributed by atoms with Crippen molar-refractivity contribution in [3.63, 3.8) is 0 Å². The normalized spacial score (nSPS) is 11.9. The SMILES string of the molecule is CCOc1ccc(NC(=O)C(C)n2cnc3scc(-c4ccccc4)c3c2=O)cc1. The summed E-state index contributed by atoms with van der Waals surface area (Å²) < 4.78 is 6.79. The molecule has 7 heteroatoms. The number of nitrogens with zero attached hydrogens (tertiary/aromatic N) is 2. The first-order valence-corrected chi connectivity index (χ1v) is 10.5. The number of carbonyl (C=O) groups is 1. The Labute approximate surface area is 177 Å². The molecule has 2 heterocycles. The lowest BCUT2D eigenvalue weighted by Gasteiger charge is -2.15. The lowest BCUT2D eigenvalue weighted by atomic mass is 10.1. The molecule has 1 atom stereocenters. The average Bonchev–Trinajstić information content (AvgIpc) is 3.21. The Kier molecular flexibility index (Phi) is 5.63. The number of aromatic nitrogens is 2. The molecule has 30 heavy (non-hydrogen) atoms. The maximum atomic E-state index is 13.2. The molecule has 152 valence electrons. The van der Waals surface area contributed by atoms with Crippen LogP contribution in [0.4, 0.5) is 5.69 Å². The average molecular weight is 420 g/mol. The van der Waals surface area contributed by atoms with Crippen LogP contribution in [0.1, 0.15) is 19.9 Å². The zero-order valence-electron chi connectivity index (χ0n) is 16.7. The zero-order chi connectivity index (χ0) is 21.1. The standard InChI is InChI=1S/C23H21N3O3S/c1-3-29-18-11-9-17(10-12-18)25-21(27)15(2)26-14-24-22-20(23(26)28)19(13-30-22)16-7-5-4-6-8-16/h4-15H,3H2,1-2H3,(H,25,27). The largest absolute Gasteiger partial charge is 0.494 e. The highest BCUT2D eigenvalue weighted by Crippen LogP contribution is 2.30. The van der Waals surface area contributed by atoms with Gasteiger partial charge in [-0.2, -0.15) is 0 Å². The number of ether oxygens (including phenoxy) is 1. The summed E-state index contributed by atoms with van der Waals surface area (Å²) in [6.45, 7) is 4.18. The van der Waals surface area contributed by atoms with E-state index < -0.39 is 6.04 Å². The van der Waals surface area contributed by atoms with Gasteiger partial charge in [0.15, 0.2) is 0 Å². The summed E-state index contributed by atoms with van der Waals surface area (Å²) in [5, 5.41) is 5.32. The minimum atomic E-state index is -0.718. The Morgan fingerprint density at radius 1 is 1.17 bits per heavy atom. The Bertz CT molecular complexity index is 1230. The molecule has 0 saturated heterocycles. The van der Waals surface area contributed by atoms with Crippen LogP contribution < -0.4 is 15.6 Å². The summed E-state index contributed by atoms with van der Waals surface area (Å²) >= 11 is 1.42. The van der Waals surface area contributed by atoms with E-state index in [1.165, 1.54) is 22.2 Å².